The average Bonchev–Trinajstić information content (AvgIpc) is 3.21. The molecule has 2 N–H and O–H groups in total. The smallest absolute Gasteiger partial charge is 0.253 e. The second-order valence-electron chi connectivity index (χ2n) is 5.82. The first-order valence-corrected chi connectivity index (χ1v) is 9.80. The summed E-state index contributed by atoms with van der Waals surface area (Å²) in [5.41, 5.74) is 0.107. The number of hydrogen-bond donors (Lipinski definition) is 2. The van der Waals surface area contributed by atoms with E-state index in [1.807, 2.05) is 13.8 Å². The van der Waals surface area contributed by atoms with Crippen molar-refractivity contribution in [2.24, 2.45) is 0 Å². The second-order valence-corrected chi connectivity index (χ2v) is 8.32. The minimum absolute atomic E-state index is 0.00121. The van der Waals surface area contributed by atoms with E-state index in [0.717, 1.165) is 25.7 Å². The number of halogens is 2. The molecule has 1 aromatic carbocycles. The van der Waals surface area contributed by atoms with Gasteiger partial charge in [0, 0.05) is 12.1 Å². The van der Waals surface area contributed by atoms with Crippen LogP contribution in [-0.2, 0) is 10.0 Å². The molecule has 8 heteroatoms. The minimum Gasteiger partial charge on any atom is -0.350 e. The Morgan fingerprint density at radius 3 is 2.52 bits per heavy atom. The Kier molecular flexibility index (Phi) is 5.94. The van der Waals surface area contributed by atoms with Gasteiger partial charge in [0.15, 0.2) is 0 Å². The van der Waals surface area contributed by atoms with Crippen molar-refractivity contribution < 1.29 is 13.2 Å². The highest BCUT2D eigenvalue weighted by Crippen LogP contribution is 2.30. The Labute approximate surface area is 146 Å². The van der Waals surface area contributed by atoms with Crippen molar-refractivity contribution in [1.29, 1.82) is 0 Å². The Hall–Kier alpha value is -0.820. The van der Waals surface area contributed by atoms with Gasteiger partial charge < -0.3 is 5.32 Å². The van der Waals surface area contributed by atoms with E-state index in [0.29, 0.717) is 0 Å². The predicted molar refractivity (Wildman–Crippen MR) is 91.6 cm³/mol. The monoisotopic (exact) mass is 378 g/mol. The molecule has 1 aromatic rings. The third kappa shape index (κ3) is 4.83. The van der Waals surface area contributed by atoms with E-state index in [1.165, 1.54) is 12.1 Å². The van der Waals surface area contributed by atoms with E-state index in [1.54, 1.807) is 0 Å². The summed E-state index contributed by atoms with van der Waals surface area (Å²) in [5.74, 6) is -0.407. The highest BCUT2D eigenvalue weighted by Gasteiger charge is 2.30. The number of hydrogen-bond acceptors (Lipinski definition) is 3. The first-order valence-electron chi connectivity index (χ1n) is 7.56. The summed E-state index contributed by atoms with van der Waals surface area (Å²) in [6, 6.07) is 2.46. The van der Waals surface area contributed by atoms with Crippen molar-refractivity contribution in [2.75, 3.05) is 0 Å². The van der Waals surface area contributed by atoms with Gasteiger partial charge in [0.1, 0.15) is 4.90 Å². The molecule has 2 rings (SSSR count). The topological polar surface area (TPSA) is 75.3 Å². The molecule has 0 bridgehead atoms. The van der Waals surface area contributed by atoms with Crippen LogP contribution in [-0.4, -0.2) is 26.4 Å². The van der Waals surface area contributed by atoms with Crippen molar-refractivity contribution in [2.45, 2.75) is 56.5 Å². The quantitative estimate of drug-likeness (QED) is 0.763. The van der Waals surface area contributed by atoms with Gasteiger partial charge in [-0.3, -0.25) is 4.79 Å². The van der Waals surface area contributed by atoms with E-state index in [9.17, 15) is 13.2 Å². The van der Waals surface area contributed by atoms with E-state index >= 15 is 0 Å². The van der Waals surface area contributed by atoms with Gasteiger partial charge in [0.05, 0.1) is 15.6 Å². The van der Waals surface area contributed by atoms with Crippen LogP contribution in [0.5, 0.6) is 0 Å². The lowest BCUT2D eigenvalue weighted by Gasteiger charge is -2.15. The van der Waals surface area contributed by atoms with Gasteiger partial charge in [-0.2, -0.15) is 0 Å². The van der Waals surface area contributed by atoms with Gasteiger partial charge in [-0.1, -0.05) is 36.5 Å². The summed E-state index contributed by atoms with van der Waals surface area (Å²) in [6.07, 6.45) is 3.38. The van der Waals surface area contributed by atoms with E-state index in [2.05, 4.69) is 10.0 Å². The Balaban J connectivity index is 2.30. The van der Waals surface area contributed by atoms with Gasteiger partial charge >= 0.3 is 0 Å². The molecular weight excluding hydrogens is 359 g/mol. The Morgan fingerprint density at radius 1 is 1.30 bits per heavy atom. The molecule has 1 amide bonds. The Morgan fingerprint density at radius 2 is 1.96 bits per heavy atom. The minimum atomic E-state index is -3.76. The third-order valence-corrected chi connectivity index (χ3v) is 5.85. The van der Waals surface area contributed by atoms with Crippen LogP contribution in [0.1, 0.15) is 49.9 Å². The average molecular weight is 379 g/mol. The number of sulfonamides is 1. The van der Waals surface area contributed by atoms with Gasteiger partial charge in [0.25, 0.3) is 5.91 Å². The summed E-state index contributed by atoms with van der Waals surface area (Å²) < 4.78 is 27.2. The number of benzene rings is 1. The lowest BCUT2D eigenvalue weighted by atomic mass is 10.1. The van der Waals surface area contributed by atoms with Crippen LogP contribution in [0, 0.1) is 0 Å². The number of rotatable bonds is 7. The van der Waals surface area contributed by atoms with Gasteiger partial charge in [-0.15, -0.1) is 0 Å². The zero-order valence-corrected chi connectivity index (χ0v) is 15.4. The maximum Gasteiger partial charge on any atom is 0.253 e. The predicted octanol–water partition coefficient (Wildman–Crippen LogP) is 3.35. The Bertz CT molecular complexity index is 703. The fraction of sp³-hybridized carbons (Fsp3) is 0.533. The summed E-state index contributed by atoms with van der Waals surface area (Å²) in [5, 5.41) is 2.94. The summed E-state index contributed by atoms with van der Waals surface area (Å²) in [4.78, 5) is 12.2. The van der Waals surface area contributed by atoms with Crippen LogP contribution >= 0.6 is 23.2 Å². The molecule has 1 unspecified atom stereocenters. The van der Waals surface area contributed by atoms with Crippen molar-refractivity contribution >= 4 is 39.1 Å². The maximum absolute atomic E-state index is 12.3. The van der Waals surface area contributed by atoms with Gasteiger partial charge in [-0.05, 0) is 38.3 Å². The largest absolute Gasteiger partial charge is 0.350 e. The molecule has 5 nitrogen and oxygen atoms in total. The fourth-order valence-corrected chi connectivity index (χ4v) is 4.36. The SMILES string of the molecule is CCCC(C)NC(=O)c1cc(S(=O)(=O)NC2CC2)c(Cl)cc1Cl. The zero-order valence-electron chi connectivity index (χ0n) is 13.0. The van der Waals surface area contributed by atoms with Crippen molar-refractivity contribution in [3.05, 3.63) is 27.7 Å². The van der Waals surface area contributed by atoms with Gasteiger partial charge in [0.2, 0.25) is 10.0 Å². The molecule has 23 heavy (non-hydrogen) atoms. The summed E-state index contributed by atoms with van der Waals surface area (Å²) >= 11 is 12.1. The molecule has 1 saturated carbocycles. The lowest BCUT2D eigenvalue weighted by Crippen LogP contribution is -2.33. The van der Waals surface area contributed by atoms with E-state index in [-0.39, 0.29) is 32.6 Å². The second kappa shape index (κ2) is 7.38. The molecule has 0 radical (unpaired) electrons. The number of nitrogens with one attached hydrogen (secondary N) is 2. The van der Waals surface area contributed by atoms with Crippen LogP contribution < -0.4 is 10.0 Å². The zero-order chi connectivity index (χ0) is 17.2. The molecular formula is C15H20Cl2N2O3S. The van der Waals surface area contributed by atoms with Crippen LogP contribution in [0.25, 0.3) is 0 Å². The van der Waals surface area contributed by atoms with Crippen LogP contribution in [0.3, 0.4) is 0 Å². The number of carbonyl (C=O) groups excluding carboxylic acids is 1. The first kappa shape index (κ1) is 18.5. The highest BCUT2D eigenvalue weighted by atomic mass is 35.5. The van der Waals surface area contributed by atoms with E-state index < -0.39 is 15.9 Å². The third-order valence-electron chi connectivity index (χ3n) is 3.55. The first-order chi connectivity index (χ1) is 10.7. The van der Waals surface area contributed by atoms with E-state index in [4.69, 9.17) is 23.2 Å². The molecule has 0 aromatic heterocycles. The van der Waals surface area contributed by atoms with Crippen LogP contribution in [0.4, 0.5) is 0 Å². The maximum atomic E-state index is 12.3. The van der Waals surface area contributed by atoms with Crippen molar-refractivity contribution in [3.63, 3.8) is 0 Å². The molecule has 128 valence electrons. The number of amides is 1. The molecule has 1 fully saturated rings. The molecule has 1 aliphatic rings. The van der Waals surface area contributed by atoms with Crippen molar-refractivity contribution in [3.8, 4) is 0 Å². The normalized spacial score (nSPS) is 16.2. The highest BCUT2D eigenvalue weighted by molar-refractivity contribution is 7.89. The molecule has 0 aliphatic heterocycles. The van der Waals surface area contributed by atoms with Gasteiger partial charge in [-0.25, -0.2) is 13.1 Å². The summed E-state index contributed by atoms with van der Waals surface area (Å²) in [6.45, 7) is 3.91. The molecule has 0 saturated heterocycles. The molecule has 1 atom stereocenters. The lowest BCUT2D eigenvalue weighted by molar-refractivity contribution is 0.0938. The standard InChI is InChI=1S/C15H20Cl2N2O3S/c1-3-4-9(2)18-15(20)11-7-14(13(17)8-12(11)16)23(21,22)19-10-5-6-10/h7-10,19H,3-6H2,1-2H3,(H,18,20). The number of carbonyl (C=O) groups is 1. The van der Waals surface area contributed by atoms with Crippen LogP contribution in [0.2, 0.25) is 10.0 Å². The fourth-order valence-electron chi connectivity index (χ4n) is 2.20. The van der Waals surface area contributed by atoms with Crippen LogP contribution in [0.15, 0.2) is 17.0 Å². The van der Waals surface area contributed by atoms with Crippen molar-refractivity contribution in [1.82, 2.24) is 10.0 Å². The molecule has 0 heterocycles. The molecule has 0 spiro atoms. The molecule has 1 aliphatic carbocycles. The summed E-state index contributed by atoms with van der Waals surface area (Å²) in [7, 11) is -3.76.